The van der Waals surface area contributed by atoms with E-state index < -0.39 is 0 Å². The predicted octanol–water partition coefficient (Wildman–Crippen LogP) is 2.50. The summed E-state index contributed by atoms with van der Waals surface area (Å²) in [5.41, 5.74) is 6.40. The fourth-order valence-electron chi connectivity index (χ4n) is 3.58. The van der Waals surface area contributed by atoms with E-state index in [9.17, 15) is 9.59 Å². The van der Waals surface area contributed by atoms with E-state index in [0.717, 1.165) is 16.3 Å². The van der Waals surface area contributed by atoms with Crippen molar-refractivity contribution in [1.29, 1.82) is 0 Å². The number of carbonyl (C=O) groups excluding carboxylic acids is 2. The highest BCUT2D eigenvalue weighted by Gasteiger charge is 2.30. The number of hydrogen-bond donors (Lipinski definition) is 1. The van der Waals surface area contributed by atoms with Crippen molar-refractivity contribution < 1.29 is 9.59 Å². The van der Waals surface area contributed by atoms with Gasteiger partial charge in [0.05, 0.1) is 0 Å². The maximum Gasteiger partial charge on any atom is 0.254 e. The van der Waals surface area contributed by atoms with Crippen LogP contribution in [-0.4, -0.2) is 54.3 Å². The van der Waals surface area contributed by atoms with Crippen molar-refractivity contribution in [2.24, 2.45) is 11.7 Å². The van der Waals surface area contributed by atoms with Crippen molar-refractivity contribution in [3.05, 3.63) is 48.0 Å². The standard InChI is InChI=1S/C21H27N3O2/c1-15(14-22)23(2)20(25)17-10-12-24(13-11-17)21(26)19-9-5-7-16-6-3-4-8-18(16)19/h3-9,15,17H,10-14,22H2,1-2H3. The van der Waals surface area contributed by atoms with Crippen LogP contribution in [0.1, 0.15) is 30.1 Å². The predicted molar refractivity (Wildman–Crippen MR) is 104 cm³/mol. The van der Waals surface area contributed by atoms with Gasteiger partial charge in [-0.25, -0.2) is 0 Å². The number of fused-ring (bicyclic) bond motifs is 1. The molecular formula is C21H27N3O2. The first-order chi connectivity index (χ1) is 12.5. The van der Waals surface area contributed by atoms with Gasteiger partial charge in [0.2, 0.25) is 5.91 Å². The summed E-state index contributed by atoms with van der Waals surface area (Å²) in [6.45, 7) is 3.64. The highest BCUT2D eigenvalue weighted by atomic mass is 16.2. The summed E-state index contributed by atoms with van der Waals surface area (Å²) < 4.78 is 0. The molecule has 5 heteroatoms. The lowest BCUT2D eigenvalue weighted by Crippen LogP contribution is -2.47. The van der Waals surface area contributed by atoms with Crippen LogP contribution in [0.25, 0.3) is 10.8 Å². The molecule has 1 heterocycles. The number of carbonyl (C=O) groups is 2. The van der Waals surface area contributed by atoms with Crippen LogP contribution in [0.5, 0.6) is 0 Å². The third kappa shape index (κ3) is 3.58. The molecule has 0 aliphatic carbocycles. The number of likely N-dealkylation sites (N-methyl/N-ethyl adjacent to an activating group) is 1. The Bertz CT molecular complexity index is 791. The second-order valence-corrected chi connectivity index (χ2v) is 7.13. The van der Waals surface area contributed by atoms with E-state index in [0.29, 0.717) is 32.5 Å². The van der Waals surface area contributed by atoms with Crippen LogP contribution in [0.15, 0.2) is 42.5 Å². The van der Waals surface area contributed by atoms with Gasteiger partial charge in [-0.3, -0.25) is 9.59 Å². The van der Waals surface area contributed by atoms with Gasteiger partial charge in [-0.05, 0) is 36.6 Å². The van der Waals surface area contributed by atoms with Gasteiger partial charge >= 0.3 is 0 Å². The summed E-state index contributed by atoms with van der Waals surface area (Å²) in [7, 11) is 1.81. The highest BCUT2D eigenvalue weighted by molar-refractivity contribution is 6.07. The Kier molecular flexibility index (Phi) is 5.57. The Balaban J connectivity index is 1.68. The fraction of sp³-hybridized carbons (Fsp3) is 0.429. The molecule has 0 bridgehead atoms. The summed E-state index contributed by atoms with van der Waals surface area (Å²) in [4.78, 5) is 29.2. The SMILES string of the molecule is CC(CN)N(C)C(=O)C1CCN(C(=O)c2cccc3ccccc23)CC1. The van der Waals surface area contributed by atoms with E-state index in [1.807, 2.05) is 61.3 Å². The maximum atomic E-state index is 13.0. The minimum atomic E-state index is -0.0226. The monoisotopic (exact) mass is 353 g/mol. The first-order valence-electron chi connectivity index (χ1n) is 9.26. The molecule has 138 valence electrons. The molecule has 0 aromatic heterocycles. The summed E-state index contributed by atoms with van der Waals surface area (Å²) in [5, 5.41) is 2.05. The molecular weight excluding hydrogens is 326 g/mol. The number of nitrogens with zero attached hydrogens (tertiary/aromatic N) is 2. The van der Waals surface area contributed by atoms with Crippen molar-refractivity contribution in [2.75, 3.05) is 26.7 Å². The topological polar surface area (TPSA) is 66.6 Å². The van der Waals surface area contributed by atoms with Crippen LogP contribution >= 0.6 is 0 Å². The van der Waals surface area contributed by atoms with Gasteiger partial charge in [-0.1, -0.05) is 36.4 Å². The molecule has 26 heavy (non-hydrogen) atoms. The summed E-state index contributed by atoms with van der Waals surface area (Å²) >= 11 is 0. The molecule has 1 atom stereocenters. The van der Waals surface area contributed by atoms with Gasteiger partial charge in [0.25, 0.3) is 5.91 Å². The van der Waals surface area contributed by atoms with Gasteiger partial charge in [-0.15, -0.1) is 0 Å². The lowest BCUT2D eigenvalue weighted by Gasteiger charge is -2.35. The Hall–Kier alpha value is -2.40. The molecule has 2 aromatic carbocycles. The normalized spacial score (nSPS) is 16.5. The molecule has 0 spiro atoms. The number of hydrogen-bond acceptors (Lipinski definition) is 3. The molecule has 1 aliphatic heterocycles. The average Bonchev–Trinajstić information content (AvgIpc) is 2.71. The van der Waals surface area contributed by atoms with Crippen LogP contribution in [-0.2, 0) is 4.79 Å². The third-order valence-corrected chi connectivity index (χ3v) is 5.50. The van der Waals surface area contributed by atoms with Gasteiger partial charge < -0.3 is 15.5 Å². The van der Waals surface area contributed by atoms with E-state index in [-0.39, 0.29) is 23.8 Å². The Labute approximate surface area is 154 Å². The van der Waals surface area contributed by atoms with Crippen molar-refractivity contribution in [3.8, 4) is 0 Å². The number of rotatable bonds is 4. The third-order valence-electron chi connectivity index (χ3n) is 5.50. The lowest BCUT2D eigenvalue weighted by atomic mass is 9.94. The first-order valence-corrected chi connectivity index (χ1v) is 9.26. The molecule has 0 radical (unpaired) electrons. The Morgan fingerprint density at radius 3 is 2.50 bits per heavy atom. The highest BCUT2D eigenvalue weighted by Crippen LogP contribution is 2.24. The first kappa shape index (κ1) is 18.4. The van der Waals surface area contributed by atoms with Crippen LogP contribution < -0.4 is 5.73 Å². The second-order valence-electron chi connectivity index (χ2n) is 7.13. The van der Waals surface area contributed by atoms with Crippen molar-refractivity contribution in [3.63, 3.8) is 0 Å². The maximum absolute atomic E-state index is 13.0. The molecule has 1 fully saturated rings. The summed E-state index contributed by atoms with van der Waals surface area (Å²) in [6.07, 6.45) is 1.41. The van der Waals surface area contributed by atoms with Crippen LogP contribution in [0, 0.1) is 5.92 Å². The summed E-state index contributed by atoms with van der Waals surface area (Å²) in [5.74, 6) is 0.169. The smallest absolute Gasteiger partial charge is 0.254 e. The zero-order valence-corrected chi connectivity index (χ0v) is 15.5. The molecule has 1 saturated heterocycles. The minimum Gasteiger partial charge on any atom is -0.342 e. The van der Waals surface area contributed by atoms with Crippen molar-refractivity contribution in [1.82, 2.24) is 9.80 Å². The molecule has 3 rings (SSSR count). The van der Waals surface area contributed by atoms with E-state index in [4.69, 9.17) is 5.73 Å². The van der Waals surface area contributed by atoms with E-state index in [1.54, 1.807) is 4.90 Å². The van der Waals surface area contributed by atoms with Crippen LogP contribution in [0.3, 0.4) is 0 Å². The Morgan fingerprint density at radius 1 is 1.15 bits per heavy atom. The van der Waals surface area contributed by atoms with Gasteiger partial charge in [0, 0.05) is 44.2 Å². The molecule has 1 unspecified atom stereocenters. The van der Waals surface area contributed by atoms with E-state index in [2.05, 4.69) is 0 Å². The van der Waals surface area contributed by atoms with Gasteiger partial charge in [0.15, 0.2) is 0 Å². The quantitative estimate of drug-likeness (QED) is 0.918. The number of likely N-dealkylation sites (tertiary alicyclic amines) is 1. The lowest BCUT2D eigenvalue weighted by molar-refractivity contribution is -0.137. The molecule has 0 saturated carbocycles. The largest absolute Gasteiger partial charge is 0.342 e. The van der Waals surface area contributed by atoms with Crippen molar-refractivity contribution >= 4 is 22.6 Å². The molecule has 2 aromatic rings. The van der Waals surface area contributed by atoms with E-state index >= 15 is 0 Å². The number of amides is 2. The number of piperidine rings is 1. The Morgan fingerprint density at radius 2 is 1.81 bits per heavy atom. The zero-order valence-electron chi connectivity index (χ0n) is 15.5. The molecule has 5 nitrogen and oxygen atoms in total. The molecule has 1 aliphatic rings. The van der Waals surface area contributed by atoms with E-state index in [1.165, 1.54) is 0 Å². The minimum absolute atomic E-state index is 0.0226. The van der Waals surface area contributed by atoms with Gasteiger partial charge in [-0.2, -0.15) is 0 Å². The van der Waals surface area contributed by atoms with Crippen LogP contribution in [0.4, 0.5) is 0 Å². The molecule has 2 amide bonds. The average molecular weight is 353 g/mol. The number of benzene rings is 2. The molecule has 2 N–H and O–H groups in total. The number of nitrogens with two attached hydrogens (primary N) is 1. The second kappa shape index (κ2) is 7.87. The van der Waals surface area contributed by atoms with Crippen LogP contribution in [0.2, 0.25) is 0 Å². The van der Waals surface area contributed by atoms with Gasteiger partial charge in [0.1, 0.15) is 0 Å². The fourth-order valence-corrected chi connectivity index (χ4v) is 3.58. The summed E-state index contributed by atoms with van der Waals surface area (Å²) in [6, 6.07) is 13.8. The zero-order chi connectivity index (χ0) is 18.7. The van der Waals surface area contributed by atoms with Crippen molar-refractivity contribution in [2.45, 2.75) is 25.8 Å².